The molecule has 37 heavy (non-hydrogen) atoms. The Labute approximate surface area is 223 Å². The summed E-state index contributed by atoms with van der Waals surface area (Å²) in [7, 11) is 0.00458. The normalized spacial score (nSPS) is 22.1. The fourth-order valence-electron chi connectivity index (χ4n) is 4.10. The van der Waals surface area contributed by atoms with E-state index in [1.807, 2.05) is 37.3 Å². The van der Waals surface area contributed by atoms with Gasteiger partial charge in [-0.15, -0.1) is 0 Å². The van der Waals surface area contributed by atoms with E-state index in [0.717, 1.165) is 24.7 Å². The zero-order chi connectivity index (χ0) is 27.5. The van der Waals surface area contributed by atoms with E-state index in [1.165, 1.54) is 17.7 Å². The van der Waals surface area contributed by atoms with Crippen LogP contribution in [0.4, 0.5) is 4.79 Å². The quantitative estimate of drug-likeness (QED) is 0.268. The molecular formula is C28H47BN2O6. The number of piperidine rings is 1. The molecule has 2 N–H and O–H groups in total. The van der Waals surface area contributed by atoms with Gasteiger partial charge in [0.25, 0.3) is 0 Å². The number of likely N-dealkylation sites (tertiary alicyclic amines) is 1. The summed E-state index contributed by atoms with van der Waals surface area (Å²) in [5, 5.41) is 0. The second-order valence-electron chi connectivity index (χ2n) is 10.9. The van der Waals surface area contributed by atoms with E-state index in [4.69, 9.17) is 24.5 Å². The van der Waals surface area contributed by atoms with Gasteiger partial charge in [0, 0.05) is 12.6 Å². The monoisotopic (exact) mass is 518 g/mol. The van der Waals surface area contributed by atoms with Crippen LogP contribution in [0.25, 0.3) is 0 Å². The van der Waals surface area contributed by atoms with Crippen LogP contribution in [0.5, 0.6) is 0 Å². The Balaban J connectivity index is 0.000000312. The van der Waals surface area contributed by atoms with Crippen LogP contribution in [-0.2, 0) is 30.2 Å². The number of carbonyl (C=O) groups is 2. The SMILES string of the molecule is CCCCB1OC(C)(C)C(C)(C)O1.CCCCOC(=O)N1CCC(N)CC1C(=O)OCc1ccccc1. The molecule has 0 aromatic heterocycles. The summed E-state index contributed by atoms with van der Waals surface area (Å²) in [5.74, 6) is -0.429. The highest BCUT2D eigenvalue weighted by Gasteiger charge is 2.50. The highest BCUT2D eigenvalue weighted by Crippen LogP contribution is 2.38. The van der Waals surface area contributed by atoms with Gasteiger partial charge in [-0.3, -0.25) is 4.90 Å². The number of hydrogen-bond acceptors (Lipinski definition) is 7. The van der Waals surface area contributed by atoms with E-state index in [2.05, 4.69) is 34.6 Å². The Hall–Kier alpha value is -2.10. The summed E-state index contributed by atoms with van der Waals surface area (Å²) in [4.78, 5) is 26.1. The number of amides is 1. The minimum absolute atomic E-state index is 0.00458. The Kier molecular flexibility index (Phi) is 12.4. The number of nitrogens with zero attached hydrogens (tertiary/aromatic N) is 1. The Morgan fingerprint density at radius 3 is 2.24 bits per heavy atom. The maximum Gasteiger partial charge on any atom is 0.457 e. The summed E-state index contributed by atoms with van der Waals surface area (Å²) >= 11 is 0. The van der Waals surface area contributed by atoms with Crippen LogP contribution in [0.15, 0.2) is 30.3 Å². The molecule has 2 atom stereocenters. The summed E-state index contributed by atoms with van der Waals surface area (Å²) < 4.78 is 22.3. The third kappa shape index (κ3) is 9.62. The first kappa shape index (κ1) is 31.1. The molecule has 1 aromatic rings. The molecule has 0 aliphatic carbocycles. The first-order valence-electron chi connectivity index (χ1n) is 13.8. The number of hydrogen-bond donors (Lipinski definition) is 1. The topological polar surface area (TPSA) is 100 Å². The largest absolute Gasteiger partial charge is 0.459 e. The molecule has 9 heteroatoms. The van der Waals surface area contributed by atoms with Gasteiger partial charge in [0.05, 0.1) is 17.8 Å². The third-order valence-electron chi connectivity index (χ3n) is 7.19. The smallest absolute Gasteiger partial charge is 0.457 e. The molecule has 2 heterocycles. The highest BCUT2D eigenvalue weighted by molar-refractivity contribution is 6.45. The maximum absolute atomic E-state index is 12.4. The van der Waals surface area contributed by atoms with Gasteiger partial charge in [-0.25, -0.2) is 9.59 Å². The Bertz CT molecular complexity index is 819. The Morgan fingerprint density at radius 2 is 1.65 bits per heavy atom. The minimum Gasteiger partial charge on any atom is -0.459 e. The van der Waals surface area contributed by atoms with E-state index in [1.54, 1.807) is 0 Å². The standard InChI is InChI=1S/C18H26N2O4.C10H21BO2/c1-2-3-11-23-18(22)20-10-9-15(19)12-16(20)17(21)24-13-14-7-5-4-6-8-14;1-6-7-8-11-12-9(2,3)10(4,5)13-11/h4-8,15-16H,2-3,9-13,19H2,1H3;6-8H2,1-5H3. The van der Waals surface area contributed by atoms with Crippen molar-refractivity contribution < 1.29 is 28.4 Å². The maximum atomic E-state index is 12.4. The number of benzene rings is 1. The number of carbonyl (C=O) groups excluding carboxylic acids is 2. The second-order valence-corrected chi connectivity index (χ2v) is 10.9. The summed E-state index contributed by atoms with van der Waals surface area (Å²) in [5.41, 5.74) is 6.55. The second kappa shape index (κ2) is 14.7. The molecule has 8 nitrogen and oxygen atoms in total. The van der Waals surface area contributed by atoms with Gasteiger partial charge in [-0.1, -0.05) is 63.4 Å². The Morgan fingerprint density at radius 1 is 1.03 bits per heavy atom. The van der Waals surface area contributed by atoms with E-state index in [9.17, 15) is 9.59 Å². The van der Waals surface area contributed by atoms with E-state index >= 15 is 0 Å². The zero-order valence-corrected chi connectivity index (χ0v) is 23.7. The molecule has 2 saturated heterocycles. The van der Waals surface area contributed by atoms with Crippen LogP contribution in [0.2, 0.25) is 6.32 Å². The lowest BCUT2D eigenvalue weighted by molar-refractivity contribution is -0.152. The fourth-order valence-corrected chi connectivity index (χ4v) is 4.10. The van der Waals surface area contributed by atoms with Crippen molar-refractivity contribution in [1.29, 1.82) is 0 Å². The molecule has 2 fully saturated rings. The molecule has 2 aliphatic rings. The van der Waals surface area contributed by atoms with Crippen molar-refractivity contribution in [3.63, 3.8) is 0 Å². The molecule has 3 rings (SSSR count). The molecule has 208 valence electrons. The zero-order valence-electron chi connectivity index (χ0n) is 23.7. The van der Waals surface area contributed by atoms with Gasteiger partial charge in [0.15, 0.2) is 0 Å². The van der Waals surface area contributed by atoms with Gasteiger partial charge >= 0.3 is 19.2 Å². The first-order chi connectivity index (χ1) is 17.5. The number of rotatable bonds is 9. The molecule has 1 aromatic carbocycles. The molecule has 0 radical (unpaired) electrons. The average Bonchev–Trinajstić information content (AvgIpc) is 3.08. The number of esters is 1. The molecular weight excluding hydrogens is 471 g/mol. The van der Waals surface area contributed by atoms with Crippen LogP contribution in [-0.4, -0.2) is 60.5 Å². The van der Waals surface area contributed by atoms with Crippen LogP contribution in [0.3, 0.4) is 0 Å². The van der Waals surface area contributed by atoms with Crippen molar-refractivity contribution in [1.82, 2.24) is 4.90 Å². The van der Waals surface area contributed by atoms with E-state index < -0.39 is 18.1 Å². The predicted octanol–water partition coefficient (Wildman–Crippen LogP) is 5.34. The minimum atomic E-state index is -0.674. The van der Waals surface area contributed by atoms with Gasteiger partial charge in [-0.05, 0) is 58.8 Å². The molecule has 1 amide bonds. The van der Waals surface area contributed by atoms with Gasteiger partial charge in [0.2, 0.25) is 0 Å². The lowest BCUT2D eigenvalue weighted by Crippen LogP contribution is -2.53. The van der Waals surface area contributed by atoms with E-state index in [0.29, 0.717) is 26.0 Å². The van der Waals surface area contributed by atoms with Crippen molar-refractivity contribution in [3.05, 3.63) is 35.9 Å². The lowest BCUT2D eigenvalue weighted by Gasteiger charge is -2.35. The van der Waals surface area contributed by atoms with E-state index in [-0.39, 0.29) is 31.0 Å². The fraction of sp³-hybridized carbons (Fsp3) is 0.714. The van der Waals surface area contributed by atoms with Crippen molar-refractivity contribution in [2.45, 2.75) is 116 Å². The van der Waals surface area contributed by atoms with Gasteiger partial charge < -0.3 is 24.5 Å². The number of nitrogens with two attached hydrogens (primary N) is 1. The molecule has 0 spiro atoms. The number of ether oxygens (including phenoxy) is 2. The van der Waals surface area contributed by atoms with Crippen LogP contribution in [0.1, 0.15) is 85.6 Å². The van der Waals surface area contributed by atoms with Crippen molar-refractivity contribution in [2.75, 3.05) is 13.2 Å². The molecule has 2 aliphatic heterocycles. The van der Waals surface area contributed by atoms with Crippen molar-refractivity contribution in [2.24, 2.45) is 5.73 Å². The van der Waals surface area contributed by atoms with Crippen LogP contribution in [0, 0.1) is 0 Å². The van der Waals surface area contributed by atoms with Crippen LogP contribution >= 0.6 is 0 Å². The lowest BCUT2D eigenvalue weighted by atomic mass is 9.82. The molecule has 0 bridgehead atoms. The summed E-state index contributed by atoms with van der Waals surface area (Å²) in [6.07, 6.45) is 5.74. The van der Waals surface area contributed by atoms with Gasteiger partial charge in [0.1, 0.15) is 12.6 Å². The summed E-state index contributed by atoms with van der Waals surface area (Å²) in [6.45, 7) is 13.6. The molecule has 2 unspecified atom stereocenters. The van der Waals surface area contributed by atoms with Crippen LogP contribution < -0.4 is 5.73 Å². The third-order valence-corrected chi connectivity index (χ3v) is 7.19. The van der Waals surface area contributed by atoms with Crippen molar-refractivity contribution >= 4 is 19.2 Å². The average molecular weight is 519 g/mol. The highest BCUT2D eigenvalue weighted by atomic mass is 16.7. The summed E-state index contributed by atoms with van der Waals surface area (Å²) in [6, 6.07) is 8.66. The predicted molar refractivity (Wildman–Crippen MR) is 146 cm³/mol. The number of unbranched alkanes of at least 4 members (excludes halogenated alkanes) is 2. The molecule has 0 saturated carbocycles. The van der Waals surface area contributed by atoms with Gasteiger partial charge in [-0.2, -0.15) is 0 Å². The first-order valence-corrected chi connectivity index (χ1v) is 13.8. The van der Waals surface area contributed by atoms with Crippen molar-refractivity contribution in [3.8, 4) is 0 Å².